The van der Waals surface area contributed by atoms with Crippen LogP contribution >= 0.6 is 0 Å². The molecule has 0 radical (unpaired) electrons. The van der Waals surface area contributed by atoms with Gasteiger partial charge >= 0.3 is 6.18 Å². The summed E-state index contributed by atoms with van der Waals surface area (Å²) >= 11 is 0. The fourth-order valence-electron chi connectivity index (χ4n) is 2.39. The van der Waals surface area contributed by atoms with Crippen LogP contribution in [-0.4, -0.2) is 41.0 Å². The van der Waals surface area contributed by atoms with Crippen LogP contribution in [0, 0.1) is 5.92 Å². The Kier molecular flexibility index (Phi) is 5.28. The molecule has 1 rings (SSSR count). The number of piperazine rings is 1. The van der Waals surface area contributed by atoms with Crippen LogP contribution in [0.3, 0.4) is 0 Å². The Morgan fingerprint density at radius 2 is 1.90 bits per heavy atom. The molecule has 1 aliphatic heterocycles. The Hall–Kier alpha value is -1.27. The number of carbonyl (C=O) groups is 2. The van der Waals surface area contributed by atoms with Gasteiger partial charge in [0.2, 0.25) is 11.8 Å². The molecule has 1 N–H and O–H groups in total. The van der Waals surface area contributed by atoms with Gasteiger partial charge in [-0.3, -0.25) is 9.59 Å². The largest absolute Gasteiger partial charge is 0.389 e. The quantitative estimate of drug-likeness (QED) is 0.848. The summed E-state index contributed by atoms with van der Waals surface area (Å²) in [5.41, 5.74) is -1.12. The van der Waals surface area contributed by atoms with Crippen molar-refractivity contribution in [2.24, 2.45) is 5.92 Å². The van der Waals surface area contributed by atoms with Gasteiger partial charge in [-0.15, -0.1) is 0 Å². The number of amides is 2. The Balaban J connectivity index is 2.85. The molecule has 1 heterocycles. The van der Waals surface area contributed by atoms with Gasteiger partial charge < -0.3 is 10.2 Å². The van der Waals surface area contributed by atoms with E-state index in [4.69, 9.17) is 0 Å². The van der Waals surface area contributed by atoms with E-state index >= 15 is 0 Å². The van der Waals surface area contributed by atoms with Crippen LogP contribution in [0.1, 0.15) is 47.0 Å². The van der Waals surface area contributed by atoms with Crippen LogP contribution in [-0.2, 0) is 9.59 Å². The van der Waals surface area contributed by atoms with Gasteiger partial charge in [0.05, 0.1) is 0 Å². The first-order valence-corrected chi connectivity index (χ1v) is 7.20. The third-order valence-electron chi connectivity index (χ3n) is 4.10. The molecule has 2 atom stereocenters. The van der Waals surface area contributed by atoms with Crippen LogP contribution in [0.5, 0.6) is 0 Å². The molecule has 0 aromatic carbocycles. The first-order chi connectivity index (χ1) is 9.50. The second-order valence-corrected chi connectivity index (χ2v) is 6.10. The Bertz CT molecular complexity index is 408. The summed E-state index contributed by atoms with van der Waals surface area (Å²) < 4.78 is 36.8. The molecule has 0 bridgehead atoms. The maximum Gasteiger partial charge on any atom is 0.389 e. The number of rotatable bonds is 5. The lowest BCUT2D eigenvalue weighted by atomic mass is 9.89. The van der Waals surface area contributed by atoms with Gasteiger partial charge in [0, 0.05) is 13.0 Å². The molecule has 1 aliphatic rings. The highest BCUT2D eigenvalue weighted by atomic mass is 19.4. The summed E-state index contributed by atoms with van der Waals surface area (Å²) in [5, 5.41) is 2.69. The summed E-state index contributed by atoms with van der Waals surface area (Å²) in [4.78, 5) is 25.9. The van der Waals surface area contributed by atoms with Gasteiger partial charge in [0.1, 0.15) is 11.6 Å². The van der Waals surface area contributed by atoms with E-state index in [9.17, 15) is 22.8 Å². The van der Waals surface area contributed by atoms with Crippen molar-refractivity contribution in [2.45, 2.75) is 64.7 Å². The number of carbonyl (C=O) groups excluding carboxylic acids is 2. The Morgan fingerprint density at radius 3 is 2.38 bits per heavy atom. The highest BCUT2D eigenvalue weighted by molar-refractivity contribution is 5.99. The van der Waals surface area contributed by atoms with Crippen molar-refractivity contribution in [1.82, 2.24) is 10.2 Å². The molecular formula is C14H23F3N2O2. The lowest BCUT2D eigenvalue weighted by molar-refractivity contribution is -0.159. The van der Waals surface area contributed by atoms with Crippen molar-refractivity contribution >= 4 is 11.8 Å². The van der Waals surface area contributed by atoms with Crippen molar-refractivity contribution in [3.8, 4) is 0 Å². The second-order valence-electron chi connectivity index (χ2n) is 6.10. The molecule has 21 heavy (non-hydrogen) atoms. The second kappa shape index (κ2) is 6.23. The molecule has 1 fully saturated rings. The zero-order valence-corrected chi connectivity index (χ0v) is 12.9. The lowest BCUT2D eigenvalue weighted by Crippen LogP contribution is -2.69. The number of nitrogens with one attached hydrogen (secondary N) is 1. The fraction of sp³-hybridized carbons (Fsp3) is 0.857. The monoisotopic (exact) mass is 308 g/mol. The van der Waals surface area contributed by atoms with E-state index in [1.165, 1.54) is 4.90 Å². The predicted octanol–water partition coefficient (Wildman–Crippen LogP) is 2.48. The predicted molar refractivity (Wildman–Crippen MR) is 72.5 cm³/mol. The number of alkyl halides is 3. The maximum atomic E-state index is 12.5. The summed E-state index contributed by atoms with van der Waals surface area (Å²) in [7, 11) is 0. The van der Waals surface area contributed by atoms with Gasteiger partial charge in [-0.25, -0.2) is 0 Å². The number of hydrogen-bond acceptors (Lipinski definition) is 2. The molecular weight excluding hydrogens is 285 g/mol. The van der Waals surface area contributed by atoms with Crippen molar-refractivity contribution in [1.29, 1.82) is 0 Å². The summed E-state index contributed by atoms with van der Waals surface area (Å²) in [6.45, 7) is 6.79. The third-order valence-corrected chi connectivity index (χ3v) is 4.10. The van der Waals surface area contributed by atoms with Crippen molar-refractivity contribution in [2.75, 3.05) is 6.54 Å². The van der Waals surface area contributed by atoms with Gasteiger partial charge in [-0.05, 0) is 26.2 Å². The zero-order chi connectivity index (χ0) is 16.4. The van der Waals surface area contributed by atoms with Crippen LogP contribution in [0.2, 0.25) is 0 Å². The zero-order valence-electron chi connectivity index (χ0n) is 12.9. The maximum absolute atomic E-state index is 12.5. The van der Waals surface area contributed by atoms with Crippen LogP contribution in [0.25, 0.3) is 0 Å². The highest BCUT2D eigenvalue weighted by Crippen LogP contribution is 2.27. The van der Waals surface area contributed by atoms with E-state index in [0.29, 0.717) is 6.42 Å². The molecule has 2 unspecified atom stereocenters. The van der Waals surface area contributed by atoms with E-state index in [0.717, 1.165) is 0 Å². The van der Waals surface area contributed by atoms with Crippen molar-refractivity contribution < 1.29 is 22.8 Å². The minimum atomic E-state index is -4.25. The molecule has 7 heteroatoms. The van der Waals surface area contributed by atoms with E-state index in [2.05, 4.69) is 5.32 Å². The molecule has 2 amide bonds. The minimum Gasteiger partial charge on any atom is -0.342 e. The summed E-state index contributed by atoms with van der Waals surface area (Å²) in [6.07, 6.45) is -4.70. The number of hydrogen-bond donors (Lipinski definition) is 1. The van der Waals surface area contributed by atoms with Gasteiger partial charge in [-0.1, -0.05) is 20.3 Å². The van der Waals surface area contributed by atoms with Gasteiger partial charge in [0.25, 0.3) is 0 Å². The molecule has 0 saturated carbocycles. The third kappa shape index (κ3) is 4.11. The number of nitrogens with zero attached hydrogens (tertiary/aromatic N) is 1. The summed E-state index contributed by atoms with van der Waals surface area (Å²) in [6, 6.07) is -0.651. The van der Waals surface area contributed by atoms with Crippen molar-refractivity contribution in [3.05, 3.63) is 0 Å². The average molecular weight is 308 g/mol. The number of halogens is 3. The topological polar surface area (TPSA) is 49.4 Å². The highest BCUT2D eigenvalue weighted by Gasteiger charge is 2.47. The smallest absolute Gasteiger partial charge is 0.342 e. The van der Waals surface area contributed by atoms with Crippen LogP contribution < -0.4 is 5.32 Å². The van der Waals surface area contributed by atoms with Gasteiger partial charge in [-0.2, -0.15) is 13.2 Å². The van der Waals surface area contributed by atoms with E-state index in [-0.39, 0.29) is 30.7 Å². The molecule has 122 valence electrons. The van der Waals surface area contributed by atoms with Crippen LogP contribution in [0.15, 0.2) is 0 Å². The molecule has 0 aromatic rings. The first-order valence-electron chi connectivity index (χ1n) is 7.20. The summed E-state index contributed by atoms with van der Waals surface area (Å²) in [5.74, 6) is -0.668. The average Bonchev–Trinajstić information content (AvgIpc) is 2.36. The molecule has 0 aromatic heterocycles. The van der Waals surface area contributed by atoms with Crippen LogP contribution in [0.4, 0.5) is 13.2 Å². The van der Waals surface area contributed by atoms with Crippen molar-refractivity contribution in [3.63, 3.8) is 0 Å². The minimum absolute atomic E-state index is 0.0531. The molecule has 4 nitrogen and oxygen atoms in total. The lowest BCUT2D eigenvalue weighted by Gasteiger charge is -2.45. The van der Waals surface area contributed by atoms with E-state index < -0.39 is 24.2 Å². The van der Waals surface area contributed by atoms with Gasteiger partial charge in [0.15, 0.2) is 0 Å². The molecule has 1 saturated heterocycles. The normalized spacial score (nSPS) is 24.0. The fourth-order valence-corrected chi connectivity index (χ4v) is 2.39. The standard InChI is InChI=1S/C14H23F3N2O2/c1-5-9(2)10-11(20)19(8-6-7-14(15,16)17)13(3,4)12(21)18-10/h9-10H,5-8H2,1-4H3,(H,18,21). The van der Waals surface area contributed by atoms with E-state index in [1.54, 1.807) is 13.8 Å². The first kappa shape index (κ1) is 17.8. The Labute approximate surface area is 123 Å². The SMILES string of the molecule is CCC(C)C1NC(=O)C(C)(C)N(CCCC(F)(F)F)C1=O. The van der Waals surface area contributed by atoms with E-state index in [1.807, 2.05) is 13.8 Å². The molecule has 0 spiro atoms. The molecule has 0 aliphatic carbocycles. The Morgan fingerprint density at radius 1 is 1.33 bits per heavy atom.